The molecule has 0 bridgehead atoms. The number of aromatic nitrogens is 2. The minimum atomic E-state index is -1.14. The van der Waals surface area contributed by atoms with Crippen LogP contribution in [0.2, 0.25) is 6.32 Å². The number of nitrogens with one attached hydrogen (secondary N) is 1. The van der Waals surface area contributed by atoms with Crippen molar-refractivity contribution in [3.63, 3.8) is 0 Å². The molecule has 2 fully saturated rings. The number of imidazole rings is 1. The molecule has 1 aromatic rings. The van der Waals surface area contributed by atoms with Gasteiger partial charge in [-0.2, -0.15) is 0 Å². The molecule has 1 aromatic heterocycles. The number of carboxylic acids is 1. The zero-order valence-corrected chi connectivity index (χ0v) is 15.9. The summed E-state index contributed by atoms with van der Waals surface area (Å²) in [6.07, 6.45) is 5.13. The van der Waals surface area contributed by atoms with Crippen molar-refractivity contribution in [1.29, 1.82) is 0 Å². The molecule has 2 saturated heterocycles. The Morgan fingerprint density at radius 1 is 1.48 bits per heavy atom. The lowest BCUT2D eigenvalue weighted by molar-refractivity contribution is -0.144. The third kappa shape index (κ3) is 3.80. The van der Waals surface area contributed by atoms with Crippen LogP contribution in [0.5, 0.6) is 0 Å². The zero-order valence-electron chi connectivity index (χ0n) is 15.9. The number of likely N-dealkylation sites (tertiary alicyclic amines) is 1. The number of carboxylic acid groups (broad SMARTS) is 1. The largest absolute Gasteiger partial charge is 0.486 e. The summed E-state index contributed by atoms with van der Waals surface area (Å²) in [7, 11) is -0.984. The number of carbonyl (C=O) groups excluding carboxylic acids is 1. The summed E-state index contributed by atoms with van der Waals surface area (Å²) >= 11 is 0. The topological polar surface area (TPSA) is 151 Å². The van der Waals surface area contributed by atoms with Crippen LogP contribution in [0.4, 0.5) is 0 Å². The predicted molar refractivity (Wildman–Crippen MR) is 101 cm³/mol. The molecule has 0 aromatic carbocycles. The van der Waals surface area contributed by atoms with Crippen molar-refractivity contribution in [2.75, 3.05) is 13.1 Å². The van der Waals surface area contributed by atoms with E-state index in [1.54, 1.807) is 24.1 Å². The van der Waals surface area contributed by atoms with Gasteiger partial charge in [-0.05, 0) is 25.7 Å². The average Bonchev–Trinajstić information content (AvgIpc) is 3.08. The van der Waals surface area contributed by atoms with Crippen molar-refractivity contribution < 1.29 is 29.1 Å². The monoisotopic (exact) mass is 402 g/mol. The molecule has 2 aliphatic heterocycles. The summed E-state index contributed by atoms with van der Waals surface area (Å²) in [6.45, 7) is 2.38. The number of carbonyl (C=O) groups is 2. The molecule has 154 valence electrons. The molecule has 29 heavy (non-hydrogen) atoms. The minimum absolute atomic E-state index is 0.00438. The number of nitrogens with two attached hydrogens (primary N) is 1. The second kappa shape index (κ2) is 7.66. The average molecular weight is 402 g/mol. The van der Waals surface area contributed by atoms with E-state index in [9.17, 15) is 19.7 Å². The summed E-state index contributed by atoms with van der Waals surface area (Å²) in [5, 5.41) is 19.4. The van der Waals surface area contributed by atoms with Crippen LogP contribution in [0.1, 0.15) is 24.0 Å². The van der Waals surface area contributed by atoms with Gasteiger partial charge >= 0.3 is 13.1 Å². The molecule has 3 unspecified atom stereocenters. The van der Waals surface area contributed by atoms with E-state index in [4.69, 9.17) is 15.1 Å². The molecule has 0 radical (unpaired) electrons. The maximum absolute atomic E-state index is 12.5. The fourth-order valence-electron chi connectivity index (χ4n) is 3.87. The van der Waals surface area contributed by atoms with Crippen molar-refractivity contribution in [2.45, 2.75) is 37.9 Å². The molecule has 1 aliphatic carbocycles. The number of fused-ring (bicyclic) bond motifs is 1. The third-order valence-electron chi connectivity index (χ3n) is 5.48. The van der Waals surface area contributed by atoms with E-state index < -0.39 is 25.2 Å². The van der Waals surface area contributed by atoms with Crippen molar-refractivity contribution in [2.24, 2.45) is 11.7 Å². The van der Waals surface area contributed by atoms with E-state index in [2.05, 4.69) is 9.97 Å². The van der Waals surface area contributed by atoms with Crippen molar-refractivity contribution in [3.8, 4) is 0 Å². The molecule has 0 saturated carbocycles. The van der Waals surface area contributed by atoms with Crippen molar-refractivity contribution in [3.05, 3.63) is 41.2 Å². The number of amides is 1. The van der Waals surface area contributed by atoms with Gasteiger partial charge in [-0.15, -0.1) is 0 Å². The number of aryl methyl sites for hydroxylation is 1. The number of nitrogens with zero attached hydrogens (tertiary/aromatic N) is 2. The fourth-order valence-corrected chi connectivity index (χ4v) is 3.87. The lowest BCUT2D eigenvalue weighted by atomic mass is 9.71. The molecule has 4 rings (SSSR count). The smallest absolute Gasteiger partial charge is 0.454 e. The Morgan fingerprint density at radius 3 is 2.90 bits per heavy atom. The molecule has 11 heteroatoms. The van der Waals surface area contributed by atoms with Crippen LogP contribution in [0.15, 0.2) is 29.7 Å². The Bertz CT molecular complexity index is 877. The number of ether oxygens (including phenoxy) is 1. The summed E-state index contributed by atoms with van der Waals surface area (Å²) in [5.74, 6) is -0.624. The highest BCUT2D eigenvalue weighted by atomic mass is 16.5. The van der Waals surface area contributed by atoms with E-state index in [0.29, 0.717) is 37.3 Å². The van der Waals surface area contributed by atoms with Gasteiger partial charge in [0, 0.05) is 12.1 Å². The number of allylic oxidation sites excluding steroid dienone is 1. The first-order valence-corrected chi connectivity index (χ1v) is 9.55. The Kier molecular flexibility index (Phi) is 5.20. The van der Waals surface area contributed by atoms with Crippen LogP contribution < -0.4 is 5.73 Å². The van der Waals surface area contributed by atoms with Crippen LogP contribution >= 0.6 is 0 Å². The Morgan fingerprint density at radius 2 is 2.24 bits per heavy atom. The van der Waals surface area contributed by atoms with Gasteiger partial charge in [-0.1, -0.05) is 6.08 Å². The first-order valence-electron chi connectivity index (χ1n) is 9.55. The lowest BCUT2D eigenvalue weighted by Crippen LogP contribution is -2.57. The van der Waals surface area contributed by atoms with Gasteiger partial charge in [0.15, 0.2) is 0 Å². The fraction of sp³-hybridized carbons (Fsp3) is 0.500. The highest BCUT2D eigenvalue weighted by Crippen LogP contribution is 2.36. The highest BCUT2D eigenvalue weighted by Gasteiger charge is 2.42. The number of rotatable bonds is 5. The number of aromatic amines is 1. The van der Waals surface area contributed by atoms with Gasteiger partial charge in [-0.25, -0.2) is 9.78 Å². The quantitative estimate of drug-likeness (QED) is 0.492. The molecule has 1 amide bonds. The van der Waals surface area contributed by atoms with E-state index in [1.165, 1.54) is 0 Å². The van der Waals surface area contributed by atoms with E-state index >= 15 is 0 Å². The van der Waals surface area contributed by atoms with Gasteiger partial charge in [-0.3, -0.25) is 4.79 Å². The zero-order chi connectivity index (χ0) is 20.7. The normalized spacial score (nSPS) is 25.5. The predicted octanol–water partition coefficient (Wildman–Crippen LogP) is -0.261. The van der Waals surface area contributed by atoms with Crippen LogP contribution in [0.25, 0.3) is 0 Å². The minimum Gasteiger partial charge on any atom is -0.486 e. The Balaban J connectivity index is 1.40. The second-order valence-corrected chi connectivity index (χ2v) is 7.57. The Labute approximate surface area is 167 Å². The molecule has 3 atom stereocenters. The highest BCUT2D eigenvalue weighted by molar-refractivity contribution is 6.43. The first-order chi connectivity index (χ1) is 13.8. The molecular formula is C18H23BN4O6. The summed E-state index contributed by atoms with van der Waals surface area (Å²) in [6, 6.07) is -0.859. The SMILES string of the molecule is Cc1nc(C(N)C(=O)N2CC(OC3=C(C(=O)O)C4OB(O)CCC4C=C3)C2)c[nH]1. The van der Waals surface area contributed by atoms with Crippen LogP contribution in [0.3, 0.4) is 0 Å². The molecule has 5 N–H and O–H groups in total. The lowest BCUT2D eigenvalue weighted by Gasteiger charge is -2.41. The standard InChI is InChI=1S/C18H23BN4O6/c1-9-21-6-12(22-9)15(20)17(24)23-7-11(8-23)28-13-3-2-10-4-5-19(27)29-16(10)14(13)18(25)26/h2-3,6,10-11,15-16,27H,4-5,7-8,20H2,1H3,(H,21,22)(H,25,26). The third-order valence-corrected chi connectivity index (χ3v) is 5.48. The van der Waals surface area contributed by atoms with E-state index in [0.717, 1.165) is 0 Å². The first kappa shape index (κ1) is 19.7. The molecule has 0 spiro atoms. The van der Waals surface area contributed by atoms with Gasteiger partial charge in [0.2, 0.25) is 5.91 Å². The molecule has 10 nitrogen and oxygen atoms in total. The van der Waals surface area contributed by atoms with Crippen LogP contribution in [-0.4, -0.2) is 69.3 Å². The summed E-state index contributed by atoms with van der Waals surface area (Å²) in [4.78, 5) is 32.9. The van der Waals surface area contributed by atoms with Gasteiger partial charge in [0.25, 0.3) is 0 Å². The van der Waals surface area contributed by atoms with Gasteiger partial charge < -0.3 is 35.1 Å². The van der Waals surface area contributed by atoms with Crippen LogP contribution in [-0.2, 0) is 19.0 Å². The molecular weight excluding hydrogens is 379 g/mol. The number of hydrogen-bond acceptors (Lipinski definition) is 7. The van der Waals surface area contributed by atoms with E-state index in [-0.39, 0.29) is 29.3 Å². The van der Waals surface area contributed by atoms with Crippen molar-refractivity contribution >= 4 is 19.0 Å². The van der Waals surface area contributed by atoms with Crippen LogP contribution in [0, 0.1) is 12.8 Å². The second-order valence-electron chi connectivity index (χ2n) is 7.57. The maximum atomic E-state index is 12.5. The Hall–Kier alpha value is -2.63. The number of hydrogen-bond donors (Lipinski definition) is 4. The summed E-state index contributed by atoms with van der Waals surface area (Å²) < 4.78 is 11.3. The van der Waals surface area contributed by atoms with E-state index in [1.807, 2.05) is 6.08 Å². The van der Waals surface area contributed by atoms with Crippen molar-refractivity contribution in [1.82, 2.24) is 14.9 Å². The molecule has 3 heterocycles. The number of H-pyrrole nitrogens is 1. The maximum Gasteiger partial charge on any atom is 0.454 e. The molecule has 3 aliphatic rings. The summed E-state index contributed by atoms with van der Waals surface area (Å²) in [5.41, 5.74) is 6.47. The van der Waals surface area contributed by atoms with Gasteiger partial charge in [0.05, 0.1) is 24.9 Å². The number of aliphatic carboxylic acids is 1. The van der Waals surface area contributed by atoms with Gasteiger partial charge in [0.1, 0.15) is 29.3 Å².